The van der Waals surface area contributed by atoms with Crippen molar-refractivity contribution in [1.29, 1.82) is 0 Å². The molecule has 0 aliphatic heterocycles. The summed E-state index contributed by atoms with van der Waals surface area (Å²) < 4.78 is 11.7. The van der Waals surface area contributed by atoms with Gasteiger partial charge >= 0.3 is 5.97 Å². The van der Waals surface area contributed by atoms with Gasteiger partial charge in [-0.05, 0) is 41.0 Å². The molecule has 6 heteroatoms. The lowest BCUT2D eigenvalue weighted by molar-refractivity contribution is -0.146. The molecule has 0 aliphatic rings. The van der Waals surface area contributed by atoms with Gasteiger partial charge in [-0.2, -0.15) is 0 Å². The summed E-state index contributed by atoms with van der Waals surface area (Å²) in [6, 6.07) is 4.77. The Labute approximate surface area is 136 Å². The van der Waals surface area contributed by atoms with Gasteiger partial charge in [0.1, 0.15) is 5.92 Å². The lowest BCUT2D eigenvalue weighted by atomic mass is 10.1. The number of rotatable bonds is 8. The van der Waals surface area contributed by atoms with Gasteiger partial charge in [0.25, 0.3) is 0 Å². The summed E-state index contributed by atoms with van der Waals surface area (Å²) in [5.41, 5.74) is 0.670. The molecule has 4 nitrogen and oxygen atoms in total. The summed E-state index contributed by atoms with van der Waals surface area (Å²) in [5.74, 6) is -0.771. The lowest BCUT2D eigenvalue weighted by Gasteiger charge is -2.19. The molecule has 21 heavy (non-hydrogen) atoms. The molecule has 0 fully saturated rings. The quantitative estimate of drug-likeness (QED) is 0.394. The van der Waals surface area contributed by atoms with E-state index < -0.39 is 14.0 Å². The van der Waals surface area contributed by atoms with Crippen LogP contribution < -0.4 is 0 Å². The fraction of sp³-hybridized carbons (Fsp3) is 0.600. The van der Waals surface area contributed by atoms with Crippen LogP contribution in [0, 0.1) is 0 Å². The van der Waals surface area contributed by atoms with E-state index in [9.17, 15) is 4.79 Å². The van der Waals surface area contributed by atoms with Gasteiger partial charge in [0.2, 0.25) is 0 Å². The number of nitrogens with zero attached hydrogens (tertiary/aromatic N) is 1. The van der Waals surface area contributed by atoms with Crippen molar-refractivity contribution in [3.05, 3.63) is 28.5 Å². The van der Waals surface area contributed by atoms with E-state index in [1.807, 2.05) is 12.1 Å². The van der Waals surface area contributed by atoms with Crippen molar-refractivity contribution in [2.24, 2.45) is 0 Å². The molecular formula is C15H24BrNO3Si. The molecule has 0 amide bonds. The van der Waals surface area contributed by atoms with Crippen LogP contribution in [0.15, 0.2) is 22.8 Å². The first-order valence-electron chi connectivity index (χ1n) is 7.20. The summed E-state index contributed by atoms with van der Waals surface area (Å²) >= 11 is 3.44. The molecule has 0 radical (unpaired) electrons. The highest BCUT2D eigenvalue weighted by Gasteiger charge is 2.26. The Hall–Kier alpha value is -0.723. The van der Waals surface area contributed by atoms with Crippen LogP contribution >= 0.6 is 15.9 Å². The predicted octanol–water partition coefficient (Wildman–Crippen LogP) is 3.85. The molecule has 1 atom stereocenters. The molecular weight excluding hydrogens is 350 g/mol. The van der Waals surface area contributed by atoms with Gasteiger partial charge in [-0.3, -0.25) is 9.78 Å². The topological polar surface area (TPSA) is 48.4 Å². The largest absolute Gasteiger partial charge is 0.465 e. The molecule has 0 aromatic carbocycles. The number of carbonyl (C=O) groups excluding carboxylic acids is 1. The Morgan fingerprint density at radius 2 is 2.14 bits per heavy atom. The highest BCUT2D eigenvalue weighted by atomic mass is 79.9. The monoisotopic (exact) mass is 373 g/mol. The molecule has 1 rings (SSSR count). The molecule has 0 N–H and O–H groups in total. The summed E-state index contributed by atoms with van der Waals surface area (Å²) in [6.45, 7) is 10.0. The first-order chi connectivity index (χ1) is 9.85. The first-order valence-corrected chi connectivity index (χ1v) is 11.7. The number of hydrogen-bond acceptors (Lipinski definition) is 4. The minimum atomic E-state index is -1.13. The maximum absolute atomic E-state index is 12.1. The van der Waals surface area contributed by atoms with Crippen LogP contribution in [0.3, 0.4) is 0 Å². The molecule has 1 aromatic heterocycles. The van der Waals surface area contributed by atoms with Crippen molar-refractivity contribution >= 4 is 30.0 Å². The number of pyridine rings is 1. The lowest BCUT2D eigenvalue weighted by Crippen LogP contribution is -2.25. The van der Waals surface area contributed by atoms with E-state index in [1.165, 1.54) is 0 Å². The second-order valence-corrected chi connectivity index (χ2v) is 12.5. The molecule has 0 bridgehead atoms. The molecule has 0 aliphatic carbocycles. The first kappa shape index (κ1) is 18.3. The zero-order chi connectivity index (χ0) is 15.9. The summed E-state index contributed by atoms with van der Waals surface area (Å²) in [4.78, 5) is 16.4. The molecule has 0 saturated carbocycles. The minimum absolute atomic E-state index is 0.287. The Balaban J connectivity index is 2.70. The van der Waals surface area contributed by atoms with Gasteiger partial charge < -0.3 is 9.47 Å². The van der Waals surface area contributed by atoms with E-state index >= 15 is 0 Å². The summed E-state index contributed by atoms with van der Waals surface area (Å²) in [5, 5.41) is 0. The highest BCUT2D eigenvalue weighted by Crippen LogP contribution is 2.24. The van der Waals surface area contributed by atoms with Crippen LogP contribution in [-0.4, -0.2) is 38.8 Å². The third-order valence-corrected chi connectivity index (χ3v) is 5.34. The van der Waals surface area contributed by atoms with Crippen LogP contribution in [-0.2, 0) is 14.3 Å². The standard InChI is InChI=1S/C15H24BrNO3Si/c1-5-20-15(18)12(11-19-9-10-21(2,3)4)14-13(16)7-6-8-17-14/h6-8,12H,5,9-11H2,1-4H3. The third-order valence-electron chi connectivity index (χ3n) is 2.97. The maximum atomic E-state index is 12.1. The van der Waals surface area contributed by atoms with Gasteiger partial charge in [-0.15, -0.1) is 0 Å². The zero-order valence-corrected chi connectivity index (χ0v) is 15.8. The van der Waals surface area contributed by atoms with Crippen LogP contribution in [0.25, 0.3) is 0 Å². The van der Waals surface area contributed by atoms with Crippen molar-refractivity contribution in [1.82, 2.24) is 4.98 Å². The molecule has 0 saturated heterocycles. The van der Waals surface area contributed by atoms with Crippen molar-refractivity contribution < 1.29 is 14.3 Å². The second-order valence-electron chi connectivity index (χ2n) is 6.06. The summed E-state index contributed by atoms with van der Waals surface area (Å²) in [6.07, 6.45) is 1.67. The van der Waals surface area contributed by atoms with Crippen LogP contribution in [0.4, 0.5) is 0 Å². The van der Waals surface area contributed by atoms with E-state index in [-0.39, 0.29) is 5.97 Å². The number of esters is 1. The van der Waals surface area contributed by atoms with Gasteiger partial charge in [-0.25, -0.2) is 0 Å². The maximum Gasteiger partial charge on any atom is 0.317 e. The van der Waals surface area contributed by atoms with E-state index in [0.29, 0.717) is 25.5 Å². The van der Waals surface area contributed by atoms with Gasteiger partial charge in [0, 0.05) is 25.4 Å². The van der Waals surface area contributed by atoms with Gasteiger partial charge in [0.05, 0.1) is 18.9 Å². The van der Waals surface area contributed by atoms with Gasteiger partial charge in [0.15, 0.2) is 0 Å². The average Bonchev–Trinajstić information content (AvgIpc) is 2.39. The SMILES string of the molecule is CCOC(=O)C(COCC[Si](C)(C)C)c1ncccc1Br. The Kier molecular flexibility index (Phi) is 7.55. The van der Waals surface area contributed by atoms with Crippen LogP contribution in [0.1, 0.15) is 18.5 Å². The van der Waals surface area contributed by atoms with Crippen molar-refractivity contribution in [2.75, 3.05) is 19.8 Å². The van der Waals surface area contributed by atoms with Gasteiger partial charge in [-0.1, -0.05) is 19.6 Å². The average molecular weight is 374 g/mol. The molecule has 0 spiro atoms. The molecule has 1 aromatic rings. The predicted molar refractivity (Wildman–Crippen MR) is 90.3 cm³/mol. The molecule has 1 heterocycles. The smallest absolute Gasteiger partial charge is 0.317 e. The number of hydrogen-bond donors (Lipinski definition) is 0. The van der Waals surface area contributed by atoms with E-state index in [2.05, 4.69) is 40.6 Å². The van der Waals surface area contributed by atoms with Crippen LogP contribution in [0.5, 0.6) is 0 Å². The van der Waals surface area contributed by atoms with Crippen molar-refractivity contribution in [2.45, 2.75) is 38.5 Å². The van der Waals surface area contributed by atoms with Crippen LogP contribution in [0.2, 0.25) is 25.7 Å². The van der Waals surface area contributed by atoms with Crippen molar-refractivity contribution in [3.8, 4) is 0 Å². The minimum Gasteiger partial charge on any atom is -0.465 e. The Bertz CT molecular complexity index is 462. The Morgan fingerprint density at radius 1 is 1.43 bits per heavy atom. The Morgan fingerprint density at radius 3 is 2.71 bits per heavy atom. The number of carbonyl (C=O) groups is 1. The van der Waals surface area contributed by atoms with E-state index in [1.54, 1.807) is 13.1 Å². The molecule has 118 valence electrons. The fourth-order valence-corrected chi connectivity index (χ4v) is 3.02. The summed E-state index contributed by atoms with van der Waals surface area (Å²) in [7, 11) is -1.13. The fourth-order valence-electron chi connectivity index (χ4n) is 1.74. The number of ether oxygens (including phenoxy) is 2. The third kappa shape index (κ3) is 6.71. The second kappa shape index (κ2) is 8.65. The highest BCUT2D eigenvalue weighted by molar-refractivity contribution is 9.10. The molecule has 1 unspecified atom stereocenters. The van der Waals surface area contributed by atoms with Crippen molar-refractivity contribution in [3.63, 3.8) is 0 Å². The van der Waals surface area contributed by atoms with E-state index in [0.717, 1.165) is 10.5 Å². The van der Waals surface area contributed by atoms with E-state index in [4.69, 9.17) is 9.47 Å². The zero-order valence-electron chi connectivity index (χ0n) is 13.2. The number of halogens is 1. The number of aromatic nitrogens is 1. The normalized spacial score (nSPS) is 13.0.